The molecule has 0 radical (unpaired) electrons. The van der Waals surface area contributed by atoms with Crippen molar-refractivity contribution in [3.63, 3.8) is 0 Å². The fourth-order valence-electron chi connectivity index (χ4n) is 3.37. The van der Waals surface area contributed by atoms with Crippen LogP contribution in [0.25, 0.3) is 22.0 Å². The van der Waals surface area contributed by atoms with Gasteiger partial charge in [-0.3, -0.25) is 14.4 Å². The second-order valence-electron chi connectivity index (χ2n) is 7.51. The first-order chi connectivity index (χ1) is 16.2. The largest absolute Gasteiger partial charge is 0.324 e. The zero-order valence-corrected chi connectivity index (χ0v) is 18.9. The molecular weight excluding hydrogens is 456 g/mol. The van der Waals surface area contributed by atoms with E-state index in [1.165, 1.54) is 30.3 Å². The summed E-state index contributed by atoms with van der Waals surface area (Å²) in [6, 6.07) is 21.9. The van der Waals surface area contributed by atoms with Crippen LogP contribution in [0.3, 0.4) is 0 Å². The van der Waals surface area contributed by atoms with Gasteiger partial charge in [-0.1, -0.05) is 36.4 Å². The monoisotopic (exact) mass is 476 g/mol. The Balaban J connectivity index is 1.50. The SMILES string of the molecule is CC(=O)NS(=O)(=O)c1ccc(NC(=O)Cn2nc(-c3ccc4ccccc4c3)ccc2=O)cc1. The quantitative estimate of drug-likeness (QED) is 0.440. The van der Waals surface area contributed by atoms with Gasteiger partial charge in [0.25, 0.3) is 15.6 Å². The Labute approximate surface area is 195 Å². The average molecular weight is 477 g/mol. The number of amides is 2. The molecule has 2 amide bonds. The number of fused-ring (bicyclic) bond motifs is 1. The maximum absolute atomic E-state index is 12.5. The number of rotatable bonds is 6. The van der Waals surface area contributed by atoms with E-state index in [2.05, 4.69) is 10.4 Å². The van der Waals surface area contributed by atoms with Crippen molar-refractivity contribution in [1.29, 1.82) is 0 Å². The van der Waals surface area contributed by atoms with Crippen LogP contribution in [-0.2, 0) is 26.2 Å². The smallest absolute Gasteiger partial charge is 0.267 e. The third-order valence-electron chi connectivity index (χ3n) is 4.93. The van der Waals surface area contributed by atoms with Gasteiger partial charge in [-0.2, -0.15) is 5.10 Å². The summed E-state index contributed by atoms with van der Waals surface area (Å²) in [5, 5.41) is 9.04. The van der Waals surface area contributed by atoms with Crippen LogP contribution in [0.4, 0.5) is 5.69 Å². The summed E-state index contributed by atoms with van der Waals surface area (Å²) < 4.78 is 26.9. The lowest BCUT2D eigenvalue weighted by atomic mass is 10.1. The molecule has 9 nitrogen and oxygen atoms in total. The molecule has 0 aliphatic rings. The lowest BCUT2D eigenvalue weighted by Crippen LogP contribution is -2.29. The summed E-state index contributed by atoms with van der Waals surface area (Å²) in [4.78, 5) is 35.7. The normalized spacial score (nSPS) is 11.2. The van der Waals surface area contributed by atoms with E-state index in [-0.39, 0.29) is 11.4 Å². The number of anilines is 1. The molecule has 0 aliphatic carbocycles. The van der Waals surface area contributed by atoms with Crippen molar-refractivity contribution >= 4 is 38.3 Å². The zero-order chi connectivity index (χ0) is 24.3. The highest BCUT2D eigenvalue weighted by molar-refractivity contribution is 7.90. The summed E-state index contributed by atoms with van der Waals surface area (Å²) >= 11 is 0. The van der Waals surface area contributed by atoms with E-state index in [0.717, 1.165) is 27.9 Å². The fourth-order valence-corrected chi connectivity index (χ4v) is 4.36. The van der Waals surface area contributed by atoms with Crippen molar-refractivity contribution in [2.24, 2.45) is 0 Å². The Kier molecular flexibility index (Phi) is 6.24. The molecule has 1 heterocycles. The third kappa shape index (κ3) is 5.18. The van der Waals surface area contributed by atoms with E-state index in [9.17, 15) is 22.8 Å². The number of benzene rings is 3. The molecule has 34 heavy (non-hydrogen) atoms. The molecule has 0 unspecified atom stereocenters. The number of sulfonamides is 1. The van der Waals surface area contributed by atoms with E-state index in [1.807, 2.05) is 47.2 Å². The van der Waals surface area contributed by atoms with Crippen molar-refractivity contribution in [2.75, 3.05) is 5.32 Å². The minimum Gasteiger partial charge on any atom is -0.324 e. The molecule has 0 fully saturated rings. The van der Waals surface area contributed by atoms with Crippen molar-refractivity contribution in [2.45, 2.75) is 18.4 Å². The first-order valence-corrected chi connectivity index (χ1v) is 11.7. The highest BCUT2D eigenvalue weighted by Crippen LogP contribution is 2.22. The highest BCUT2D eigenvalue weighted by Gasteiger charge is 2.15. The molecule has 4 aromatic rings. The number of nitrogens with one attached hydrogen (secondary N) is 2. The van der Waals surface area contributed by atoms with Crippen LogP contribution in [0, 0.1) is 0 Å². The Morgan fingerprint density at radius 1 is 0.912 bits per heavy atom. The first-order valence-electron chi connectivity index (χ1n) is 10.2. The zero-order valence-electron chi connectivity index (χ0n) is 18.1. The van der Waals surface area contributed by atoms with Gasteiger partial charge in [0.1, 0.15) is 6.54 Å². The highest BCUT2D eigenvalue weighted by atomic mass is 32.2. The Morgan fingerprint density at radius 3 is 2.32 bits per heavy atom. The summed E-state index contributed by atoms with van der Waals surface area (Å²) in [5.74, 6) is -1.22. The predicted octanol–water partition coefficient (Wildman–Crippen LogP) is 2.53. The summed E-state index contributed by atoms with van der Waals surface area (Å²) in [5.41, 5.74) is 1.25. The Hall–Kier alpha value is -4.31. The Bertz CT molecular complexity index is 1560. The first kappa shape index (κ1) is 22.9. The topological polar surface area (TPSA) is 127 Å². The van der Waals surface area contributed by atoms with Gasteiger partial charge < -0.3 is 5.32 Å². The summed E-state index contributed by atoms with van der Waals surface area (Å²) in [6.07, 6.45) is 0. The van der Waals surface area contributed by atoms with Crippen molar-refractivity contribution in [3.05, 3.63) is 89.2 Å². The lowest BCUT2D eigenvalue weighted by molar-refractivity contribution is -0.118. The predicted molar refractivity (Wildman–Crippen MR) is 128 cm³/mol. The van der Waals surface area contributed by atoms with Gasteiger partial charge in [0.15, 0.2) is 0 Å². The van der Waals surface area contributed by atoms with Crippen LogP contribution < -0.4 is 15.6 Å². The second-order valence-corrected chi connectivity index (χ2v) is 9.19. The molecule has 0 bridgehead atoms. The molecule has 1 aromatic heterocycles. The minimum absolute atomic E-state index is 0.123. The van der Waals surface area contributed by atoms with Crippen LogP contribution in [0.1, 0.15) is 6.92 Å². The van der Waals surface area contributed by atoms with Crippen molar-refractivity contribution in [3.8, 4) is 11.3 Å². The van der Waals surface area contributed by atoms with Gasteiger partial charge in [-0.05, 0) is 47.2 Å². The van der Waals surface area contributed by atoms with Gasteiger partial charge in [0, 0.05) is 24.2 Å². The van der Waals surface area contributed by atoms with Crippen molar-refractivity contribution in [1.82, 2.24) is 14.5 Å². The van der Waals surface area contributed by atoms with Crippen LogP contribution in [0.5, 0.6) is 0 Å². The van der Waals surface area contributed by atoms with E-state index >= 15 is 0 Å². The van der Waals surface area contributed by atoms with Gasteiger partial charge in [-0.15, -0.1) is 0 Å². The third-order valence-corrected chi connectivity index (χ3v) is 6.38. The average Bonchev–Trinajstić information content (AvgIpc) is 2.79. The summed E-state index contributed by atoms with van der Waals surface area (Å²) in [6.45, 7) is 0.767. The Morgan fingerprint density at radius 2 is 1.62 bits per heavy atom. The van der Waals surface area contributed by atoms with Crippen LogP contribution in [0.2, 0.25) is 0 Å². The van der Waals surface area contributed by atoms with Gasteiger partial charge in [0.2, 0.25) is 11.8 Å². The number of nitrogens with zero attached hydrogens (tertiary/aromatic N) is 2. The van der Waals surface area contributed by atoms with Crippen molar-refractivity contribution < 1.29 is 18.0 Å². The molecule has 0 saturated heterocycles. The number of hydrogen-bond donors (Lipinski definition) is 2. The van der Waals surface area contributed by atoms with Gasteiger partial charge in [0.05, 0.1) is 10.6 Å². The molecule has 10 heteroatoms. The maximum Gasteiger partial charge on any atom is 0.267 e. The standard InChI is InChI=1S/C24H20N4O5S/c1-16(29)27-34(32,33)21-10-8-20(9-11-21)25-23(30)15-28-24(31)13-12-22(26-28)19-7-6-17-4-2-3-5-18(17)14-19/h2-14H,15H2,1H3,(H,25,30)(H,27,29). The number of carbonyl (C=O) groups excluding carboxylic acids is 2. The minimum atomic E-state index is -3.97. The maximum atomic E-state index is 12.5. The molecule has 0 aliphatic heterocycles. The van der Waals surface area contributed by atoms with Crippen LogP contribution in [-0.4, -0.2) is 30.0 Å². The van der Waals surface area contributed by atoms with E-state index < -0.39 is 27.4 Å². The number of aromatic nitrogens is 2. The molecule has 4 rings (SSSR count). The molecule has 172 valence electrons. The lowest BCUT2D eigenvalue weighted by Gasteiger charge is -2.10. The summed E-state index contributed by atoms with van der Waals surface area (Å²) in [7, 11) is -3.97. The van der Waals surface area contributed by atoms with E-state index in [4.69, 9.17) is 0 Å². The fraction of sp³-hybridized carbons (Fsp3) is 0.0833. The molecule has 0 spiro atoms. The molecule has 2 N–H and O–H groups in total. The van der Waals surface area contributed by atoms with Gasteiger partial charge in [-0.25, -0.2) is 17.8 Å². The molecule has 0 atom stereocenters. The number of hydrogen-bond acceptors (Lipinski definition) is 6. The second kappa shape index (κ2) is 9.28. The van der Waals surface area contributed by atoms with E-state index in [1.54, 1.807) is 6.07 Å². The molecule has 0 saturated carbocycles. The van der Waals surface area contributed by atoms with Gasteiger partial charge >= 0.3 is 0 Å². The molecular formula is C24H20N4O5S. The number of carbonyl (C=O) groups is 2. The van der Waals surface area contributed by atoms with Crippen LogP contribution in [0.15, 0.2) is 88.6 Å². The van der Waals surface area contributed by atoms with E-state index in [0.29, 0.717) is 11.4 Å². The van der Waals surface area contributed by atoms with Crippen LogP contribution >= 0.6 is 0 Å². The molecule has 3 aromatic carbocycles.